The standard InChI is InChI=1S/C19H21N3O2S.ClH/c1-11(2)9-24-19(23)16-13(4)15-17(20-10-21-18(15)25-16)22-14-7-5-12(3)6-8-14;/h5-8,10-11H,9H2,1-4H3,(H,20,21,22);1H. The van der Waals surface area contributed by atoms with E-state index in [1.165, 1.54) is 23.2 Å². The molecule has 3 rings (SSSR count). The van der Waals surface area contributed by atoms with E-state index in [0.717, 1.165) is 21.5 Å². The second kappa shape index (κ2) is 8.47. The van der Waals surface area contributed by atoms with Gasteiger partial charge in [0.15, 0.2) is 0 Å². The average molecular weight is 392 g/mol. The molecule has 0 atom stereocenters. The monoisotopic (exact) mass is 391 g/mol. The Bertz CT molecular complexity index is 907. The topological polar surface area (TPSA) is 64.1 Å². The Kier molecular flexibility index (Phi) is 6.56. The first-order valence-corrected chi connectivity index (χ1v) is 9.02. The molecule has 0 spiro atoms. The van der Waals surface area contributed by atoms with Gasteiger partial charge in [0.25, 0.3) is 0 Å². The van der Waals surface area contributed by atoms with Crippen molar-refractivity contribution in [2.45, 2.75) is 27.7 Å². The van der Waals surface area contributed by atoms with Gasteiger partial charge in [0.05, 0.1) is 12.0 Å². The van der Waals surface area contributed by atoms with E-state index in [-0.39, 0.29) is 18.4 Å². The number of ether oxygens (including phenoxy) is 1. The fraction of sp³-hybridized carbons (Fsp3) is 0.316. The lowest BCUT2D eigenvalue weighted by atomic mass is 10.2. The maximum absolute atomic E-state index is 12.4. The maximum atomic E-state index is 12.4. The Morgan fingerprint density at radius 3 is 2.54 bits per heavy atom. The lowest BCUT2D eigenvalue weighted by Crippen LogP contribution is -2.09. The highest BCUT2D eigenvalue weighted by atomic mass is 35.5. The second-order valence-corrected chi connectivity index (χ2v) is 7.44. The van der Waals surface area contributed by atoms with Crippen LogP contribution in [0.1, 0.15) is 34.6 Å². The first-order chi connectivity index (χ1) is 12.0. The van der Waals surface area contributed by atoms with Crippen LogP contribution in [0.4, 0.5) is 11.5 Å². The third-order valence-electron chi connectivity index (χ3n) is 3.77. The number of thiophene rings is 1. The summed E-state index contributed by atoms with van der Waals surface area (Å²) >= 11 is 1.35. The number of benzene rings is 1. The number of nitrogens with one attached hydrogen (secondary N) is 1. The molecule has 0 saturated carbocycles. The molecule has 0 aliphatic heterocycles. The van der Waals surface area contributed by atoms with Gasteiger partial charge < -0.3 is 10.1 Å². The zero-order valence-corrected chi connectivity index (χ0v) is 16.8. The van der Waals surface area contributed by atoms with Gasteiger partial charge in [-0.25, -0.2) is 14.8 Å². The molecular formula is C19H22ClN3O2S. The van der Waals surface area contributed by atoms with E-state index in [9.17, 15) is 4.79 Å². The number of hydrogen-bond donors (Lipinski definition) is 1. The molecule has 0 saturated heterocycles. The summed E-state index contributed by atoms with van der Waals surface area (Å²) < 4.78 is 5.37. The number of halogens is 1. The molecule has 1 N–H and O–H groups in total. The van der Waals surface area contributed by atoms with Crippen LogP contribution < -0.4 is 5.32 Å². The maximum Gasteiger partial charge on any atom is 0.348 e. The van der Waals surface area contributed by atoms with Gasteiger partial charge in [-0.2, -0.15) is 0 Å². The molecule has 2 heterocycles. The molecule has 138 valence electrons. The molecule has 0 fully saturated rings. The summed E-state index contributed by atoms with van der Waals surface area (Å²) in [4.78, 5) is 22.4. The summed E-state index contributed by atoms with van der Waals surface area (Å²) in [6.45, 7) is 8.40. The SMILES string of the molecule is Cc1ccc(Nc2ncnc3sc(C(=O)OCC(C)C)c(C)c23)cc1.Cl. The smallest absolute Gasteiger partial charge is 0.348 e. The van der Waals surface area contributed by atoms with E-state index >= 15 is 0 Å². The molecule has 0 bridgehead atoms. The minimum Gasteiger partial charge on any atom is -0.461 e. The Hall–Kier alpha value is -2.18. The van der Waals surface area contributed by atoms with Crippen molar-refractivity contribution in [1.29, 1.82) is 0 Å². The molecule has 1 aromatic carbocycles. The van der Waals surface area contributed by atoms with Crippen LogP contribution in [0, 0.1) is 19.8 Å². The number of nitrogens with zero attached hydrogens (tertiary/aromatic N) is 2. The Labute approximate surface area is 163 Å². The molecule has 26 heavy (non-hydrogen) atoms. The van der Waals surface area contributed by atoms with Crippen molar-refractivity contribution in [2.24, 2.45) is 5.92 Å². The highest BCUT2D eigenvalue weighted by Crippen LogP contribution is 2.34. The second-order valence-electron chi connectivity index (χ2n) is 6.44. The van der Waals surface area contributed by atoms with E-state index in [2.05, 4.69) is 15.3 Å². The van der Waals surface area contributed by atoms with Gasteiger partial charge in [-0.05, 0) is 37.5 Å². The van der Waals surface area contributed by atoms with Gasteiger partial charge >= 0.3 is 5.97 Å². The number of anilines is 2. The molecular weight excluding hydrogens is 370 g/mol. The largest absolute Gasteiger partial charge is 0.461 e. The molecule has 0 aliphatic rings. The van der Waals surface area contributed by atoms with Crippen molar-refractivity contribution in [2.75, 3.05) is 11.9 Å². The lowest BCUT2D eigenvalue weighted by molar-refractivity contribution is 0.0464. The zero-order valence-electron chi connectivity index (χ0n) is 15.2. The third kappa shape index (κ3) is 4.31. The molecule has 2 aromatic heterocycles. The molecule has 0 radical (unpaired) electrons. The molecule has 0 aliphatic carbocycles. The van der Waals surface area contributed by atoms with Crippen LogP contribution in [0.15, 0.2) is 30.6 Å². The van der Waals surface area contributed by atoms with Crippen molar-refractivity contribution in [3.8, 4) is 0 Å². The highest BCUT2D eigenvalue weighted by molar-refractivity contribution is 7.20. The quantitative estimate of drug-likeness (QED) is 0.599. The number of aryl methyl sites for hydroxylation is 2. The number of carbonyl (C=O) groups is 1. The van der Waals surface area contributed by atoms with Crippen LogP contribution in [0.25, 0.3) is 10.2 Å². The van der Waals surface area contributed by atoms with E-state index in [0.29, 0.717) is 23.2 Å². The summed E-state index contributed by atoms with van der Waals surface area (Å²) in [6, 6.07) is 8.08. The van der Waals surface area contributed by atoms with Crippen molar-refractivity contribution >= 4 is 51.4 Å². The Morgan fingerprint density at radius 1 is 1.19 bits per heavy atom. The van der Waals surface area contributed by atoms with Gasteiger partial charge in [0.1, 0.15) is 21.9 Å². The summed E-state index contributed by atoms with van der Waals surface area (Å²) in [5.74, 6) is 0.707. The lowest BCUT2D eigenvalue weighted by Gasteiger charge is -2.08. The number of aromatic nitrogens is 2. The number of fused-ring (bicyclic) bond motifs is 1. The van der Waals surface area contributed by atoms with Gasteiger partial charge in [0.2, 0.25) is 0 Å². The minimum atomic E-state index is -0.296. The highest BCUT2D eigenvalue weighted by Gasteiger charge is 2.20. The van der Waals surface area contributed by atoms with Gasteiger partial charge in [0, 0.05) is 5.69 Å². The molecule has 3 aromatic rings. The van der Waals surface area contributed by atoms with Crippen LogP contribution in [0.2, 0.25) is 0 Å². The number of rotatable bonds is 5. The normalized spacial score (nSPS) is 10.7. The number of carbonyl (C=O) groups excluding carboxylic acids is 1. The predicted molar refractivity (Wildman–Crippen MR) is 109 cm³/mol. The number of esters is 1. The Morgan fingerprint density at radius 2 is 1.88 bits per heavy atom. The first-order valence-electron chi connectivity index (χ1n) is 8.20. The summed E-state index contributed by atoms with van der Waals surface area (Å²) in [5.41, 5.74) is 2.99. The van der Waals surface area contributed by atoms with Crippen molar-refractivity contribution in [3.05, 3.63) is 46.6 Å². The fourth-order valence-corrected chi connectivity index (χ4v) is 3.49. The van der Waals surface area contributed by atoms with E-state index in [1.807, 2.05) is 52.0 Å². The summed E-state index contributed by atoms with van der Waals surface area (Å²) in [7, 11) is 0. The fourth-order valence-electron chi connectivity index (χ4n) is 2.44. The van der Waals surface area contributed by atoms with E-state index in [1.54, 1.807) is 0 Å². The van der Waals surface area contributed by atoms with Crippen LogP contribution in [0.5, 0.6) is 0 Å². The van der Waals surface area contributed by atoms with Crippen molar-refractivity contribution in [3.63, 3.8) is 0 Å². The zero-order chi connectivity index (χ0) is 18.0. The van der Waals surface area contributed by atoms with E-state index in [4.69, 9.17) is 4.74 Å². The predicted octanol–water partition coefficient (Wildman–Crippen LogP) is 5.29. The van der Waals surface area contributed by atoms with Crippen LogP contribution in [-0.2, 0) is 4.74 Å². The van der Waals surface area contributed by atoms with Crippen LogP contribution in [0.3, 0.4) is 0 Å². The third-order valence-corrected chi connectivity index (χ3v) is 4.95. The molecule has 0 amide bonds. The van der Waals surface area contributed by atoms with Crippen LogP contribution in [-0.4, -0.2) is 22.5 Å². The van der Waals surface area contributed by atoms with Gasteiger partial charge in [-0.3, -0.25) is 0 Å². The molecule has 5 nitrogen and oxygen atoms in total. The van der Waals surface area contributed by atoms with Gasteiger partial charge in [-0.15, -0.1) is 23.7 Å². The first kappa shape index (κ1) is 20.1. The Balaban J connectivity index is 0.00000243. The minimum absolute atomic E-state index is 0. The number of hydrogen-bond acceptors (Lipinski definition) is 6. The summed E-state index contributed by atoms with van der Waals surface area (Å²) in [6.07, 6.45) is 1.51. The molecule has 7 heteroatoms. The average Bonchev–Trinajstić information content (AvgIpc) is 2.93. The van der Waals surface area contributed by atoms with E-state index < -0.39 is 0 Å². The van der Waals surface area contributed by atoms with Crippen molar-refractivity contribution < 1.29 is 9.53 Å². The van der Waals surface area contributed by atoms with Crippen LogP contribution >= 0.6 is 23.7 Å². The molecule has 0 unspecified atom stereocenters. The van der Waals surface area contributed by atoms with Crippen molar-refractivity contribution in [1.82, 2.24) is 9.97 Å². The summed E-state index contributed by atoms with van der Waals surface area (Å²) in [5, 5.41) is 4.19. The van der Waals surface area contributed by atoms with Gasteiger partial charge in [-0.1, -0.05) is 31.5 Å².